The van der Waals surface area contributed by atoms with Gasteiger partial charge in [0, 0.05) is 26.7 Å². The zero-order valence-corrected chi connectivity index (χ0v) is 10.00. The number of aryl methyl sites for hydroxylation is 1. The summed E-state index contributed by atoms with van der Waals surface area (Å²) in [5, 5.41) is 7.64. The summed E-state index contributed by atoms with van der Waals surface area (Å²) in [4.78, 5) is 14.0. The Morgan fingerprint density at radius 1 is 1.50 bits per heavy atom. The molecular weight excluding hydrogens is 228 g/mol. The van der Waals surface area contributed by atoms with Crippen LogP contribution in [0.4, 0.5) is 0 Å². The minimum Gasteiger partial charge on any atom is -0.337 e. The highest BCUT2D eigenvalue weighted by atomic mass is 35.5. The fourth-order valence-corrected chi connectivity index (χ4v) is 1.96. The van der Waals surface area contributed by atoms with Gasteiger partial charge in [-0.15, -0.1) is 0 Å². The van der Waals surface area contributed by atoms with Gasteiger partial charge in [-0.05, 0) is 13.0 Å². The number of nitrogens with one attached hydrogen (secondary N) is 1. The first-order valence-corrected chi connectivity index (χ1v) is 5.75. The highest BCUT2D eigenvalue weighted by Crippen LogP contribution is 2.16. The molecule has 1 aromatic rings. The maximum Gasteiger partial charge on any atom is 0.258 e. The number of carbonyl (C=O) groups excluding carboxylic acids is 1. The maximum absolute atomic E-state index is 12.1. The molecule has 0 aliphatic carbocycles. The second-order valence-corrected chi connectivity index (χ2v) is 4.23. The lowest BCUT2D eigenvalue weighted by Crippen LogP contribution is -2.34. The summed E-state index contributed by atoms with van der Waals surface area (Å²) in [6.07, 6.45) is 2.51. The summed E-state index contributed by atoms with van der Waals surface area (Å²) in [6.45, 7) is 3.30. The third kappa shape index (κ3) is 2.20. The molecule has 2 heterocycles. The molecule has 16 heavy (non-hydrogen) atoms. The molecule has 1 aromatic heterocycles. The van der Waals surface area contributed by atoms with Gasteiger partial charge in [-0.1, -0.05) is 11.6 Å². The van der Waals surface area contributed by atoms with Crippen LogP contribution in [0.5, 0.6) is 0 Å². The molecule has 0 saturated carbocycles. The predicted octanol–water partition coefficient (Wildman–Crippen LogP) is 0.509. The number of carbonyl (C=O) groups is 1. The molecule has 0 spiro atoms. The molecule has 6 heteroatoms. The fourth-order valence-electron chi connectivity index (χ4n) is 1.79. The molecule has 5 nitrogen and oxygen atoms in total. The van der Waals surface area contributed by atoms with Crippen LogP contribution in [0, 0.1) is 0 Å². The van der Waals surface area contributed by atoms with Gasteiger partial charge in [0.2, 0.25) is 0 Å². The molecule has 0 radical (unpaired) electrons. The number of halogens is 1. The van der Waals surface area contributed by atoms with Gasteiger partial charge in [-0.25, -0.2) is 0 Å². The maximum atomic E-state index is 12.1. The SMILES string of the molecule is Cn1ncc(C(=O)N2CCCNCC2)c1Cl. The minimum atomic E-state index is -0.0261. The van der Waals surface area contributed by atoms with Crippen LogP contribution in [-0.4, -0.2) is 46.8 Å². The van der Waals surface area contributed by atoms with E-state index in [1.165, 1.54) is 10.9 Å². The van der Waals surface area contributed by atoms with Crippen LogP contribution in [0.25, 0.3) is 0 Å². The van der Waals surface area contributed by atoms with E-state index in [0.717, 1.165) is 32.6 Å². The minimum absolute atomic E-state index is 0.0261. The molecule has 0 unspecified atom stereocenters. The third-order valence-electron chi connectivity index (χ3n) is 2.72. The number of nitrogens with zero attached hydrogens (tertiary/aromatic N) is 3. The van der Waals surface area contributed by atoms with Gasteiger partial charge in [-0.2, -0.15) is 5.10 Å². The van der Waals surface area contributed by atoms with E-state index in [0.29, 0.717) is 10.7 Å². The zero-order chi connectivity index (χ0) is 11.5. The smallest absolute Gasteiger partial charge is 0.258 e. The average molecular weight is 243 g/mol. The lowest BCUT2D eigenvalue weighted by molar-refractivity contribution is 0.0766. The van der Waals surface area contributed by atoms with Gasteiger partial charge in [0.05, 0.1) is 11.8 Å². The standard InChI is InChI=1S/C10H15ClN4O/c1-14-9(11)8(7-13-14)10(16)15-5-2-3-12-4-6-15/h7,12H,2-6H2,1H3. The summed E-state index contributed by atoms with van der Waals surface area (Å²) < 4.78 is 1.50. The largest absolute Gasteiger partial charge is 0.337 e. The molecule has 1 aliphatic rings. The van der Waals surface area contributed by atoms with Crippen LogP contribution in [-0.2, 0) is 7.05 Å². The second-order valence-electron chi connectivity index (χ2n) is 3.87. The van der Waals surface area contributed by atoms with Gasteiger partial charge in [-0.3, -0.25) is 9.48 Å². The van der Waals surface area contributed by atoms with E-state index < -0.39 is 0 Å². The molecule has 1 amide bonds. The predicted molar refractivity (Wildman–Crippen MR) is 61.6 cm³/mol. The molecule has 2 rings (SSSR count). The average Bonchev–Trinajstić information content (AvgIpc) is 2.53. The van der Waals surface area contributed by atoms with E-state index >= 15 is 0 Å². The fraction of sp³-hybridized carbons (Fsp3) is 0.600. The Bertz CT molecular complexity index is 382. The lowest BCUT2D eigenvalue weighted by Gasteiger charge is -2.19. The van der Waals surface area contributed by atoms with E-state index in [2.05, 4.69) is 10.4 Å². The number of amides is 1. The third-order valence-corrected chi connectivity index (χ3v) is 3.17. The van der Waals surface area contributed by atoms with Crippen molar-refractivity contribution in [2.24, 2.45) is 7.05 Å². The van der Waals surface area contributed by atoms with Crippen LogP contribution >= 0.6 is 11.6 Å². The van der Waals surface area contributed by atoms with Crippen molar-refractivity contribution < 1.29 is 4.79 Å². The van der Waals surface area contributed by atoms with Crippen molar-refractivity contribution in [3.8, 4) is 0 Å². The highest BCUT2D eigenvalue weighted by Gasteiger charge is 2.21. The van der Waals surface area contributed by atoms with Crippen molar-refractivity contribution in [2.75, 3.05) is 26.2 Å². The highest BCUT2D eigenvalue weighted by molar-refractivity contribution is 6.32. The van der Waals surface area contributed by atoms with Crippen molar-refractivity contribution in [2.45, 2.75) is 6.42 Å². The van der Waals surface area contributed by atoms with Crippen molar-refractivity contribution in [1.29, 1.82) is 0 Å². The van der Waals surface area contributed by atoms with Gasteiger partial charge in [0.15, 0.2) is 0 Å². The topological polar surface area (TPSA) is 50.2 Å². The van der Waals surface area contributed by atoms with Gasteiger partial charge >= 0.3 is 0 Å². The number of aromatic nitrogens is 2. The van der Waals surface area contributed by atoms with Crippen LogP contribution in [0.1, 0.15) is 16.8 Å². The van der Waals surface area contributed by atoms with Crippen molar-refractivity contribution >= 4 is 17.5 Å². The molecule has 1 aliphatic heterocycles. The van der Waals surface area contributed by atoms with Gasteiger partial charge < -0.3 is 10.2 Å². The van der Waals surface area contributed by atoms with Crippen LogP contribution in [0.3, 0.4) is 0 Å². The second kappa shape index (κ2) is 4.84. The molecule has 0 atom stereocenters. The van der Waals surface area contributed by atoms with Crippen molar-refractivity contribution in [3.05, 3.63) is 16.9 Å². The first-order valence-electron chi connectivity index (χ1n) is 5.37. The summed E-state index contributed by atoms with van der Waals surface area (Å²) in [5.41, 5.74) is 0.492. The Hall–Kier alpha value is -1.07. The van der Waals surface area contributed by atoms with Crippen molar-refractivity contribution in [3.63, 3.8) is 0 Å². The van der Waals surface area contributed by atoms with E-state index in [-0.39, 0.29) is 5.91 Å². The Morgan fingerprint density at radius 2 is 2.31 bits per heavy atom. The Balaban J connectivity index is 2.14. The monoisotopic (exact) mass is 242 g/mol. The molecule has 1 fully saturated rings. The lowest BCUT2D eigenvalue weighted by atomic mass is 10.3. The molecular formula is C10H15ClN4O. The Morgan fingerprint density at radius 3 is 3.00 bits per heavy atom. The van der Waals surface area contributed by atoms with E-state index in [9.17, 15) is 4.79 Å². The van der Waals surface area contributed by atoms with Crippen molar-refractivity contribution in [1.82, 2.24) is 20.0 Å². The molecule has 1 N–H and O–H groups in total. The van der Waals surface area contributed by atoms with E-state index in [1.54, 1.807) is 7.05 Å². The first kappa shape index (κ1) is 11.4. The number of rotatable bonds is 1. The molecule has 88 valence electrons. The van der Waals surface area contributed by atoms with E-state index in [4.69, 9.17) is 11.6 Å². The van der Waals surface area contributed by atoms with Gasteiger partial charge in [0.1, 0.15) is 5.15 Å². The normalized spacial score (nSPS) is 17.2. The van der Waals surface area contributed by atoms with Crippen LogP contribution in [0.15, 0.2) is 6.20 Å². The quantitative estimate of drug-likeness (QED) is 0.781. The summed E-state index contributed by atoms with van der Waals surface area (Å²) in [5.74, 6) is -0.0261. The molecule has 0 aromatic carbocycles. The first-order chi connectivity index (χ1) is 7.70. The molecule has 1 saturated heterocycles. The van der Waals surface area contributed by atoms with Gasteiger partial charge in [0.25, 0.3) is 5.91 Å². The summed E-state index contributed by atoms with van der Waals surface area (Å²) >= 11 is 6.00. The Labute approximate surface area is 99.4 Å². The van der Waals surface area contributed by atoms with Crippen LogP contribution in [0.2, 0.25) is 5.15 Å². The van der Waals surface area contributed by atoms with Crippen LogP contribution < -0.4 is 5.32 Å². The van der Waals surface area contributed by atoms with E-state index in [1.807, 2.05) is 4.90 Å². The number of hydrogen-bond donors (Lipinski definition) is 1. The molecule has 0 bridgehead atoms. The summed E-state index contributed by atoms with van der Waals surface area (Å²) in [6, 6.07) is 0. The zero-order valence-electron chi connectivity index (χ0n) is 9.24. The summed E-state index contributed by atoms with van der Waals surface area (Å²) in [7, 11) is 1.73. The Kier molecular flexibility index (Phi) is 3.46. The number of hydrogen-bond acceptors (Lipinski definition) is 3.